The first-order valence-electron chi connectivity index (χ1n) is 18.9. The lowest BCUT2D eigenvalue weighted by atomic mass is 10.1. The molecule has 0 aliphatic heterocycles. The highest BCUT2D eigenvalue weighted by Gasteiger charge is 2.21. The highest BCUT2D eigenvalue weighted by atomic mass is 31.2. The number of esters is 2. The van der Waals surface area contributed by atoms with Gasteiger partial charge in [0.25, 0.3) is 7.82 Å². The number of allylic oxidation sites excluding steroid dienone is 2. The molecule has 0 aromatic carbocycles. The predicted octanol–water partition coefficient (Wildman–Crippen LogP) is 9.22. The number of likely N-dealkylation sites (N-methyl/N-ethyl adjacent to an activating group) is 1. The summed E-state index contributed by atoms with van der Waals surface area (Å²) in [6, 6.07) is 0. The van der Waals surface area contributed by atoms with Crippen molar-refractivity contribution in [3.05, 3.63) is 12.2 Å². The third-order valence-electron chi connectivity index (χ3n) is 8.04. The lowest BCUT2D eigenvalue weighted by Gasteiger charge is -2.28. The molecule has 0 bridgehead atoms. The number of carbonyl (C=O) groups excluding carboxylic acids is 2. The third-order valence-corrected chi connectivity index (χ3v) is 9.00. The van der Waals surface area contributed by atoms with Gasteiger partial charge in [0, 0.05) is 12.8 Å². The summed E-state index contributed by atoms with van der Waals surface area (Å²) < 4.78 is 33.5. The van der Waals surface area contributed by atoms with Crippen LogP contribution >= 0.6 is 7.82 Å². The van der Waals surface area contributed by atoms with Crippen molar-refractivity contribution in [2.75, 3.05) is 47.5 Å². The van der Waals surface area contributed by atoms with Crippen LogP contribution in [-0.2, 0) is 32.7 Å². The zero-order valence-corrected chi connectivity index (χ0v) is 31.9. The molecule has 9 nitrogen and oxygen atoms in total. The Morgan fingerprint density at radius 3 is 1.60 bits per heavy atom. The van der Waals surface area contributed by atoms with Gasteiger partial charge in [0.05, 0.1) is 27.7 Å². The van der Waals surface area contributed by atoms with Crippen LogP contribution in [-0.4, -0.2) is 70.0 Å². The van der Waals surface area contributed by atoms with Gasteiger partial charge in [-0.25, -0.2) is 0 Å². The second kappa shape index (κ2) is 30.8. The van der Waals surface area contributed by atoms with E-state index in [1.165, 1.54) is 83.5 Å². The maximum Gasteiger partial charge on any atom is 0.306 e. The van der Waals surface area contributed by atoms with E-state index in [1.807, 2.05) is 21.1 Å². The standard InChI is InChI=1S/C37H72NO8P/c1-6-8-10-12-13-14-15-16-17-18-19-20-21-22-23-24-25-26-28-30-37(40)46-35(33-43-36(39)29-27-11-9-7-2)34-45-47(41,42)44-32-31-38(3,4)5/h16-17,35H,6-15,18-34H2,1-5H3/b17-16-. The van der Waals surface area contributed by atoms with Gasteiger partial charge in [-0.2, -0.15) is 0 Å². The molecule has 10 heteroatoms. The van der Waals surface area contributed by atoms with E-state index in [9.17, 15) is 19.0 Å². The van der Waals surface area contributed by atoms with Crippen LogP contribution < -0.4 is 4.89 Å². The minimum absolute atomic E-state index is 0.0293. The molecule has 0 aromatic rings. The summed E-state index contributed by atoms with van der Waals surface area (Å²) in [5.41, 5.74) is 0. The van der Waals surface area contributed by atoms with Gasteiger partial charge in [-0.3, -0.25) is 14.2 Å². The third kappa shape index (κ3) is 34.4. The molecule has 0 fully saturated rings. The van der Waals surface area contributed by atoms with E-state index in [-0.39, 0.29) is 26.1 Å². The lowest BCUT2D eigenvalue weighted by Crippen LogP contribution is -2.37. The number of nitrogens with zero attached hydrogens (tertiary/aromatic N) is 1. The number of hydrogen-bond donors (Lipinski definition) is 0. The van der Waals surface area contributed by atoms with Crippen molar-refractivity contribution >= 4 is 19.8 Å². The van der Waals surface area contributed by atoms with E-state index >= 15 is 0 Å². The molecular formula is C37H72NO8P. The van der Waals surface area contributed by atoms with E-state index in [0.717, 1.165) is 44.9 Å². The van der Waals surface area contributed by atoms with Crippen molar-refractivity contribution in [1.82, 2.24) is 0 Å². The van der Waals surface area contributed by atoms with Crippen LogP contribution in [0.25, 0.3) is 0 Å². The van der Waals surface area contributed by atoms with Crippen LogP contribution in [0.15, 0.2) is 12.2 Å². The SMILES string of the molecule is CCCCCCCC/C=C\CCCCCCCCCCCC(=O)OC(COC(=O)CCCCCC)COP(=O)([O-])OCC[N+](C)(C)C. The largest absolute Gasteiger partial charge is 0.756 e. The summed E-state index contributed by atoms with van der Waals surface area (Å²) in [7, 11) is 1.16. The molecular weight excluding hydrogens is 617 g/mol. The van der Waals surface area contributed by atoms with Crippen LogP contribution in [0.4, 0.5) is 0 Å². The number of ether oxygens (including phenoxy) is 2. The second-order valence-electron chi connectivity index (χ2n) is 13.9. The molecule has 0 N–H and O–H groups in total. The minimum atomic E-state index is -4.60. The quantitative estimate of drug-likeness (QED) is 0.0216. The van der Waals surface area contributed by atoms with Gasteiger partial charge in [0.2, 0.25) is 0 Å². The molecule has 0 amide bonds. The first-order valence-corrected chi connectivity index (χ1v) is 20.4. The zero-order valence-electron chi connectivity index (χ0n) is 31.0. The monoisotopic (exact) mass is 689 g/mol. The van der Waals surface area contributed by atoms with Gasteiger partial charge in [-0.1, -0.05) is 122 Å². The molecule has 2 atom stereocenters. The average molecular weight is 690 g/mol. The number of carbonyl (C=O) groups is 2. The molecule has 278 valence electrons. The van der Waals surface area contributed by atoms with Crippen LogP contribution in [0.3, 0.4) is 0 Å². The Balaban J connectivity index is 4.18. The Hall–Kier alpha value is -1.25. The first kappa shape index (κ1) is 45.8. The molecule has 0 heterocycles. The molecule has 0 aliphatic carbocycles. The summed E-state index contributed by atoms with van der Waals surface area (Å²) >= 11 is 0. The summed E-state index contributed by atoms with van der Waals surface area (Å²) in [4.78, 5) is 36.9. The number of phosphoric acid groups is 1. The molecule has 0 saturated heterocycles. The maximum atomic E-state index is 12.5. The zero-order chi connectivity index (χ0) is 35.1. The van der Waals surface area contributed by atoms with Gasteiger partial charge in [0.15, 0.2) is 6.10 Å². The van der Waals surface area contributed by atoms with Crippen LogP contribution in [0.2, 0.25) is 0 Å². The highest BCUT2D eigenvalue weighted by molar-refractivity contribution is 7.45. The smallest absolute Gasteiger partial charge is 0.306 e. The summed E-state index contributed by atoms with van der Waals surface area (Å²) in [6.45, 7) is 4.08. The number of unbranched alkanes of at least 4 members (excludes halogenated alkanes) is 18. The van der Waals surface area contributed by atoms with Gasteiger partial charge in [-0.05, 0) is 38.5 Å². The summed E-state index contributed by atoms with van der Waals surface area (Å²) in [5.74, 6) is -0.854. The topological polar surface area (TPSA) is 111 Å². The summed E-state index contributed by atoms with van der Waals surface area (Å²) in [6.07, 6.45) is 28.7. The van der Waals surface area contributed by atoms with Gasteiger partial charge < -0.3 is 27.9 Å². The van der Waals surface area contributed by atoms with Crippen LogP contribution in [0.5, 0.6) is 0 Å². The molecule has 2 unspecified atom stereocenters. The molecule has 47 heavy (non-hydrogen) atoms. The molecule has 0 spiro atoms. The Bertz CT molecular complexity index is 830. The fourth-order valence-electron chi connectivity index (χ4n) is 5.00. The van der Waals surface area contributed by atoms with Crippen LogP contribution in [0.1, 0.15) is 162 Å². The Morgan fingerprint density at radius 1 is 0.638 bits per heavy atom. The van der Waals surface area contributed by atoms with Crippen LogP contribution in [0, 0.1) is 0 Å². The van der Waals surface area contributed by atoms with Crippen molar-refractivity contribution in [2.24, 2.45) is 0 Å². The van der Waals surface area contributed by atoms with Crippen molar-refractivity contribution in [2.45, 2.75) is 168 Å². The maximum absolute atomic E-state index is 12.5. The number of phosphoric ester groups is 1. The van der Waals surface area contributed by atoms with Crippen molar-refractivity contribution < 1.29 is 42.1 Å². The Kier molecular flexibility index (Phi) is 30.0. The number of hydrogen-bond acceptors (Lipinski definition) is 8. The van der Waals surface area contributed by atoms with Crippen molar-refractivity contribution in [3.8, 4) is 0 Å². The second-order valence-corrected chi connectivity index (χ2v) is 15.4. The predicted molar refractivity (Wildman–Crippen MR) is 190 cm³/mol. The van der Waals surface area contributed by atoms with Crippen molar-refractivity contribution in [1.29, 1.82) is 0 Å². The first-order chi connectivity index (χ1) is 22.5. The molecule has 0 aromatic heterocycles. The molecule has 0 aliphatic rings. The molecule has 0 radical (unpaired) electrons. The lowest BCUT2D eigenvalue weighted by molar-refractivity contribution is -0.870. The fourth-order valence-corrected chi connectivity index (χ4v) is 5.73. The average Bonchev–Trinajstić information content (AvgIpc) is 3.01. The van der Waals surface area contributed by atoms with E-state index in [4.69, 9.17) is 18.5 Å². The fraction of sp³-hybridized carbons (Fsp3) is 0.892. The van der Waals surface area contributed by atoms with Gasteiger partial charge in [0.1, 0.15) is 19.8 Å². The minimum Gasteiger partial charge on any atom is -0.756 e. The van der Waals surface area contributed by atoms with E-state index in [1.54, 1.807) is 0 Å². The van der Waals surface area contributed by atoms with E-state index in [0.29, 0.717) is 17.4 Å². The van der Waals surface area contributed by atoms with Crippen molar-refractivity contribution in [3.63, 3.8) is 0 Å². The summed E-state index contributed by atoms with van der Waals surface area (Å²) in [5, 5.41) is 0. The Morgan fingerprint density at radius 2 is 1.09 bits per heavy atom. The normalized spacial score (nSPS) is 13.9. The Labute approximate surface area is 288 Å². The highest BCUT2D eigenvalue weighted by Crippen LogP contribution is 2.38. The van der Waals surface area contributed by atoms with E-state index in [2.05, 4.69) is 26.0 Å². The molecule has 0 saturated carbocycles. The van der Waals surface area contributed by atoms with E-state index < -0.39 is 32.5 Å². The van der Waals surface area contributed by atoms with Gasteiger partial charge in [-0.15, -0.1) is 0 Å². The number of rotatable bonds is 34. The molecule has 0 rings (SSSR count). The van der Waals surface area contributed by atoms with Gasteiger partial charge >= 0.3 is 11.9 Å². The number of quaternary nitrogens is 1.